The third kappa shape index (κ3) is 4.75. The van der Waals surface area contributed by atoms with Crippen LogP contribution in [-0.4, -0.2) is 48.2 Å². The van der Waals surface area contributed by atoms with E-state index in [1.165, 1.54) is 5.56 Å². The summed E-state index contributed by atoms with van der Waals surface area (Å²) in [5.41, 5.74) is 1.28. The zero-order valence-electron chi connectivity index (χ0n) is 14.3. The summed E-state index contributed by atoms with van der Waals surface area (Å²) in [6.07, 6.45) is 8.18. The summed E-state index contributed by atoms with van der Waals surface area (Å²) in [6.45, 7) is 6.52. The van der Waals surface area contributed by atoms with Crippen molar-refractivity contribution in [2.24, 2.45) is 0 Å². The highest BCUT2D eigenvalue weighted by Gasteiger charge is 2.30. The lowest BCUT2D eigenvalue weighted by Crippen LogP contribution is -2.45. The Labute approximate surface area is 140 Å². The van der Waals surface area contributed by atoms with Gasteiger partial charge in [-0.25, -0.2) is 0 Å². The Morgan fingerprint density at radius 1 is 1.13 bits per heavy atom. The Morgan fingerprint density at radius 3 is 2.39 bits per heavy atom. The molecule has 1 aliphatic heterocycles. The predicted octanol–water partition coefficient (Wildman–Crippen LogP) is 3.02. The summed E-state index contributed by atoms with van der Waals surface area (Å²) < 4.78 is 29.2. The molecule has 0 radical (unpaired) electrons. The van der Waals surface area contributed by atoms with Crippen molar-refractivity contribution >= 4 is 10.2 Å². The molecular weight excluding hydrogens is 310 g/mol. The van der Waals surface area contributed by atoms with Crippen molar-refractivity contribution < 1.29 is 8.42 Å². The SMILES string of the molecule is CCCN(CCC)S(=O)(=O)N1CCC[C@H](c2ccncc2)CC1. The van der Waals surface area contributed by atoms with E-state index in [4.69, 9.17) is 0 Å². The van der Waals surface area contributed by atoms with Gasteiger partial charge in [0.1, 0.15) is 0 Å². The second-order valence-electron chi connectivity index (χ2n) is 6.21. The van der Waals surface area contributed by atoms with Gasteiger partial charge in [0.2, 0.25) is 0 Å². The molecule has 0 N–H and O–H groups in total. The van der Waals surface area contributed by atoms with E-state index in [2.05, 4.69) is 17.1 Å². The van der Waals surface area contributed by atoms with Gasteiger partial charge in [0, 0.05) is 38.6 Å². The molecule has 6 heteroatoms. The first-order valence-corrected chi connectivity index (χ1v) is 10.1. The first-order chi connectivity index (χ1) is 11.1. The first-order valence-electron chi connectivity index (χ1n) is 8.74. The largest absolute Gasteiger partial charge is 0.281 e. The molecule has 0 saturated carbocycles. The van der Waals surface area contributed by atoms with Gasteiger partial charge in [0.05, 0.1) is 0 Å². The van der Waals surface area contributed by atoms with E-state index in [0.29, 0.717) is 32.1 Å². The van der Waals surface area contributed by atoms with Crippen LogP contribution in [0.2, 0.25) is 0 Å². The summed E-state index contributed by atoms with van der Waals surface area (Å²) in [4.78, 5) is 4.07. The van der Waals surface area contributed by atoms with E-state index < -0.39 is 10.2 Å². The van der Waals surface area contributed by atoms with Crippen molar-refractivity contribution in [3.05, 3.63) is 30.1 Å². The molecule has 0 bridgehead atoms. The lowest BCUT2D eigenvalue weighted by Gasteiger charge is -2.28. The summed E-state index contributed by atoms with van der Waals surface area (Å²) in [5.74, 6) is 0.434. The fourth-order valence-electron chi connectivity index (χ4n) is 3.27. The van der Waals surface area contributed by atoms with E-state index >= 15 is 0 Å². The molecule has 2 rings (SSSR count). The van der Waals surface area contributed by atoms with Crippen LogP contribution in [-0.2, 0) is 10.2 Å². The van der Waals surface area contributed by atoms with Crippen molar-refractivity contribution in [2.75, 3.05) is 26.2 Å². The molecule has 130 valence electrons. The van der Waals surface area contributed by atoms with E-state index in [0.717, 1.165) is 32.1 Å². The number of hydrogen-bond acceptors (Lipinski definition) is 3. The summed E-state index contributed by atoms with van der Waals surface area (Å²) in [5, 5.41) is 0. The molecule has 0 aromatic carbocycles. The maximum Gasteiger partial charge on any atom is 0.281 e. The van der Waals surface area contributed by atoms with Crippen molar-refractivity contribution in [1.29, 1.82) is 0 Å². The van der Waals surface area contributed by atoms with E-state index in [9.17, 15) is 8.42 Å². The molecule has 1 aromatic rings. The molecule has 2 heterocycles. The topological polar surface area (TPSA) is 53.5 Å². The van der Waals surface area contributed by atoms with Crippen LogP contribution in [0.3, 0.4) is 0 Å². The quantitative estimate of drug-likeness (QED) is 0.767. The molecule has 1 atom stereocenters. The monoisotopic (exact) mass is 339 g/mol. The molecule has 1 aliphatic rings. The third-order valence-electron chi connectivity index (χ3n) is 4.46. The van der Waals surface area contributed by atoms with E-state index in [1.54, 1.807) is 8.61 Å². The molecule has 5 nitrogen and oxygen atoms in total. The highest BCUT2D eigenvalue weighted by molar-refractivity contribution is 7.86. The fourth-order valence-corrected chi connectivity index (χ4v) is 5.12. The van der Waals surface area contributed by atoms with Crippen LogP contribution in [0.15, 0.2) is 24.5 Å². The third-order valence-corrected chi connectivity index (χ3v) is 6.50. The van der Waals surface area contributed by atoms with Gasteiger partial charge < -0.3 is 0 Å². The Bertz CT molecular complexity index is 556. The molecule has 1 saturated heterocycles. The first kappa shape index (κ1) is 18.4. The minimum atomic E-state index is -3.32. The summed E-state index contributed by atoms with van der Waals surface area (Å²) >= 11 is 0. The van der Waals surface area contributed by atoms with Crippen LogP contribution < -0.4 is 0 Å². The lowest BCUT2D eigenvalue weighted by atomic mass is 9.93. The van der Waals surface area contributed by atoms with Crippen molar-refractivity contribution in [3.63, 3.8) is 0 Å². The van der Waals surface area contributed by atoms with Gasteiger partial charge in [-0.1, -0.05) is 13.8 Å². The Kier molecular flexibility index (Phi) is 6.99. The fraction of sp³-hybridized carbons (Fsp3) is 0.706. The average molecular weight is 340 g/mol. The molecule has 0 unspecified atom stereocenters. The minimum absolute atomic E-state index is 0.434. The number of aromatic nitrogens is 1. The minimum Gasteiger partial charge on any atom is -0.265 e. The zero-order valence-corrected chi connectivity index (χ0v) is 15.1. The van der Waals surface area contributed by atoms with Gasteiger partial charge in [-0.15, -0.1) is 0 Å². The smallest absolute Gasteiger partial charge is 0.265 e. The molecule has 0 spiro atoms. The zero-order chi connectivity index (χ0) is 16.7. The lowest BCUT2D eigenvalue weighted by molar-refractivity contribution is 0.338. The summed E-state index contributed by atoms with van der Waals surface area (Å²) in [7, 11) is -3.32. The molecule has 0 aliphatic carbocycles. The van der Waals surface area contributed by atoms with Gasteiger partial charge in [-0.05, 0) is 55.7 Å². The van der Waals surface area contributed by atoms with E-state index in [1.807, 2.05) is 26.2 Å². The van der Waals surface area contributed by atoms with Crippen LogP contribution in [0.25, 0.3) is 0 Å². The van der Waals surface area contributed by atoms with Gasteiger partial charge in [0.25, 0.3) is 10.2 Å². The van der Waals surface area contributed by atoms with Gasteiger partial charge in [-0.2, -0.15) is 17.0 Å². The van der Waals surface area contributed by atoms with Crippen LogP contribution in [0.5, 0.6) is 0 Å². The molecule has 0 amide bonds. The molecule has 23 heavy (non-hydrogen) atoms. The van der Waals surface area contributed by atoms with Gasteiger partial charge in [0.15, 0.2) is 0 Å². The van der Waals surface area contributed by atoms with Crippen LogP contribution >= 0.6 is 0 Å². The van der Waals surface area contributed by atoms with Gasteiger partial charge >= 0.3 is 0 Å². The van der Waals surface area contributed by atoms with Crippen LogP contribution in [0.4, 0.5) is 0 Å². The van der Waals surface area contributed by atoms with Crippen molar-refractivity contribution in [1.82, 2.24) is 13.6 Å². The highest BCUT2D eigenvalue weighted by Crippen LogP contribution is 2.29. The summed E-state index contributed by atoms with van der Waals surface area (Å²) in [6, 6.07) is 4.10. The van der Waals surface area contributed by atoms with Gasteiger partial charge in [-0.3, -0.25) is 4.98 Å². The average Bonchev–Trinajstić information content (AvgIpc) is 2.82. The predicted molar refractivity (Wildman–Crippen MR) is 93.5 cm³/mol. The normalized spacial score (nSPS) is 20.6. The molecular formula is C17H29N3O2S. The number of nitrogens with zero attached hydrogens (tertiary/aromatic N) is 3. The maximum absolute atomic E-state index is 12.9. The standard InChI is InChI=1S/C17H29N3O2S/c1-3-12-19(13-4-2)23(21,22)20-14-5-6-16(9-15-20)17-7-10-18-11-8-17/h7-8,10-11,16H,3-6,9,12-15H2,1-2H3/t16-/m0/s1. The Balaban J connectivity index is 2.06. The van der Waals surface area contributed by atoms with Crippen LogP contribution in [0, 0.1) is 0 Å². The van der Waals surface area contributed by atoms with E-state index in [-0.39, 0.29) is 0 Å². The second kappa shape index (κ2) is 8.76. The Morgan fingerprint density at radius 2 is 1.78 bits per heavy atom. The van der Waals surface area contributed by atoms with Crippen molar-refractivity contribution in [2.45, 2.75) is 51.9 Å². The molecule has 1 fully saturated rings. The highest BCUT2D eigenvalue weighted by atomic mass is 32.2. The second-order valence-corrected chi connectivity index (χ2v) is 8.14. The molecule has 1 aromatic heterocycles. The Hall–Kier alpha value is -0.980. The maximum atomic E-state index is 12.9. The number of rotatable bonds is 7. The number of hydrogen-bond donors (Lipinski definition) is 0. The number of pyridine rings is 1. The van der Waals surface area contributed by atoms with Crippen LogP contribution in [0.1, 0.15) is 57.4 Å². The van der Waals surface area contributed by atoms with Crippen molar-refractivity contribution in [3.8, 4) is 0 Å².